The first-order chi connectivity index (χ1) is 12.9. The largest absolute Gasteiger partial charge is 0.494 e. The van der Waals surface area contributed by atoms with Crippen LogP contribution in [0.5, 0.6) is 5.75 Å². The van der Waals surface area contributed by atoms with Crippen molar-refractivity contribution in [1.82, 2.24) is 4.98 Å². The van der Waals surface area contributed by atoms with Gasteiger partial charge in [0.25, 0.3) is 0 Å². The molecule has 0 spiro atoms. The zero-order valence-electron chi connectivity index (χ0n) is 15.1. The average Bonchev–Trinajstić information content (AvgIpc) is 3.04. The first-order valence-electron chi connectivity index (χ1n) is 8.42. The van der Waals surface area contributed by atoms with Gasteiger partial charge in [-0.1, -0.05) is 35.1 Å². The average molecular weight is 405 g/mol. The molecule has 6 nitrogen and oxygen atoms in total. The smallest absolute Gasteiger partial charge is 0.226 e. The zero-order chi connectivity index (χ0) is 19.4. The highest BCUT2D eigenvalue weighted by Crippen LogP contribution is 2.32. The number of hydrogen-bond donors (Lipinski definition) is 1. The Bertz CT molecular complexity index is 1060. The molecule has 0 saturated heterocycles. The van der Waals surface area contributed by atoms with Crippen LogP contribution in [0.2, 0.25) is 0 Å². The number of sulfone groups is 1. The highest BCUT2D eigenvalue weighted by atomic mass is 32.2. The van der Waals surface area contributed by atoms with E-state index in [1.165, 1.54) is 11.3 Å². The van der Waals surface area contributed by atoms with E-state index in [-0.39, 0.29) is 29.4 Å². The molecule has 1 N–H and O–H groups in total. The Morgan fingerprint density at radius 2 is 1.93 bits per heavy atom. The minimum Gasteiger partial charge on any atom is -0.494 e. The number of anilines is 1. The Morgan fingerprint density at radius 3 is 2.63 bits per heavy atom. The van der Waals surface area contributed by atoms with Crippen molar-refractivity contribution in [3.63, 3.8) is 0 Å². The molecule has 142 valence electrons. The van der Waals surface area contributed by atoms with E-state index in [1.54, 1.807) is 31.4 Å². The normalized spacial score (nSPS) is 11.5. The Kier molecular flexibility index (Phi) is 5.76. The maximum Gasteiger partial charge on any atom is 0.226 e. The summed E-state index contributed by atoms with van der Waals surface area (Å²) in [6, 6.07) is 12.3. The van der Waals surface area contributed by atoms with Gasteiger partial charge in [-0.05, 0) is 37.6 Å². The number of carbonyl (C=O) groups is 1. The summed E-state index contributed by atoms with van der Waals surface area (Å²) < 4.78 is 30.8. The van der Waals surface area contributed by atoms with Crippen LogP contribution in [-0.4, -0.2) is 32.2 Å². The summed E-state index contributed by atoms with van der Waals surface area (Å²) in [4.78, 5) is 16.8. The number of nitrogens with zero attached hydrogens (tertiary/aromatic N) is 1. The first-order valence-corrected chi connectivity index (χ1v) is 10.9. The number of aryl methyl sites for hydroxylation is 1. The molecule has 0 bridgehead atoms. The number of benzene rings is 2. The van der Waals surface area contributed by atoms with Crippen molar-refractivity contribution in [2.24, 2.45) is 0 Å². The molecule has 27 heavy (non-hydrogen) atoms. The van der Waals surface area contributed by atoms with E-state index >= 15 is 0 Å². The molecule has 0 fully saturated rings. The van der Waals surface area contributed by atoms with Crippen LogP contribution in [0.25, 0.3) is 10.2 Å². The van der Waals surface area contributed by atoms with E-state index in [9.17, 15) is 13.2 Å². The fourth-order valence-electron chi connectivity index (χ4n) is 2.61. The van der Waals surface area contributed by atoms with Crippen LogP contribution in [0.1, 0.15) is 18.4 Å². The summed E-state index contributed by atoms with van der Waals surface area (Å²) in [6.45, 7) is 1.90. The molecule has 8 heteroatoms. The van der Waals surface area contributed by atoms with Gasteiger partial charge < -0.3 is 10.1 Å². The van der Waals surface area contributed by atoms with Crippen LogP contribution >= 0.6 is 11.3 Å². The van der Waals surface area contributed by atoms with Crippen LogP contribution in [0, 0.1) is 6.92 Å². The lowest BCUT2D eigenvalue weighted by Crippen LogP contribution is -2.14. The van der Waals surface area contributed by atoms with Crippen molar-refractivity contribution in [2.75, 3.05) is 18.2 Å². The predicted octanol–water partition coefficient (Wildman–Crippen LogP) is 3.81. The molecule has 0 aliphatic rings. The number of rotatable bonds is 7. The van der Waals surface area contributed by atoms with Crippen LogP contribution in [0.3, 0.4) is 0 Å². The van der Waals surface area contributed by atoms with Crippen LogP contribution in [0.15, 0.2) is 47.4 Å². The number of methoxy groups -OCH3 is 1. The number of amides is 1. The molecule has 0 unspecified atom stereocenters. The van der Waals surface area contributed by atoms with Gasteiger partial charge in [0.05, 0.1) is 22.5 Å². The van der Waals surface area contributed by atoms with Gasteiger partial charge in [0.1, 0.15) is 11.3 Å². The van der Waals surface area contributed by atoms with Gasteiger partial charge >= 0.3 is 0 Å². The maximum absolute atomic E-state index is 12.3. The second-order valence-corrected chi connectivity index (χ2v) is 9.25. The molecular weight excluding hydrogens is 384 g/mol. The van der Waals surface area contributed by atoms with Gasteiger partial charge in [0.2, 0.25) is 5.91 Å². The van der Waals surface area contributed by atoms with Crippen molar-refractivity contribution >= 4 is 42.4 Å². The third-order valence-electron chi connectivity index (χ3n) is 4.05. The number of aromatic nitrogens is 1. The second-order valence-electron chi connectivity index (χ2n) is 6.11. The third-order valence-corrected chi connectivity index (χ3v) is 6.80. The molecule has 1 aromatic heterocycles. The van der Waals surface area contributed by atoms with Crippen molar-refractivity contribution in [1.29, 1.82) is 0 Å². The Hall–Kier alpha value is -2.45. The van der Waals surface area contributed by atoms with Crippen molar-refractivity contribution < 1.29 is 17.9 Å². The Labute approximate surface area is 162 Å². The topological polar surface area (TPSA) is 85.4 Å². The van der Waals surface area contributed by atoms with Crippen molar-refractivity contribution in [3.8, 4) is 5.75 Å². The summed E-state index contributed by atoms with van der Waals surface area (Å²) in [5.74, 6) is 0.317. The lowest BCUT2D eigenvalue weighted by Gasteiger charge is -2.05. The van der Waals surface area contributed by atoms with Gasteiger partial charge in [-0.25, -0.2) is 13.4 Å². The number of para-hydroxylation sites is 1. The van der Waals surface area contributed by atoms with E-state index in [0.29, 0.717) is 16.4 Å². The van der Waals surface area contributed by atoms with E-state index in [2.05, 4.69) is 10.3 Å². The van der Waals surface area contributed by atoms with Crippen LogP contribution in [-0.2, 0) is 14.6 Å². The number of fused-ring (bicyclic) bond motifs is 1. The summed E-state index contributed by atoms with van der Waals surface area (Å²) in [5.41, 5.74) is 1.70. The highest BCUT2D eigenvalue weighted by Gasteiger charge is 2.16. The fraction of sp³-hybridized carbons (Fsp3) is 0.263. The van der Waals surface area contributed by atoms with E-state index < -0.39 is 9.84 Å². The molecule has 0 saturated carbocycles. The minimum absolute atomic E-state index is 0.0723. The Balaban J connectivity index is 1.58. The number of carbonyl (C=O) groups excluding carboxylic acids is 1. The number of nitrogens with one attached hydrogen (secondary N) is 1. The monoisotopic (exact) mass is 404 g/mol. The lowest BCUT2D eigenvalue weighted by molar-refractivity contribution is -0.116. The van der Waals surface area contributed by atoms with Crippen LogP contribution < -0.4 is 10.1 Å². The molecule has 1 amide bonds. The molecular formula is C19H20N2O4S2. The summed E-state index contributed by atoms with van der Waals surface area (Å²) >= 11 is 1.35. The van der Waals surface area contributed by atoms with E-state index in [1.807, 2.05) is 25.1 Å². The SMILES string of the molecule is COc1cccc2sc(NC(=O)CCCS(=O)(=O)c3ccc(C)cc3)nc12. The summed E-state index contributed by atoms with van der Waals surface area (Å²) in [7, 11) is -1.81. The van der Waals surface area contributed by atoms with Gasteiger partial charge in [-0.2, -0.15) is 0 Å². The molecule has 0 radical (unpaired) electrons. The zero-order valence-corrected chi connectivity index (χ0v) is 16.7. The van der Waals surface area contributed by atoms with Gasteiger partial charge in [-0.15, -0.1) is 0 Å². The van der Waals surface area contributed by atoms with Crippen molar-refractivity contribution in [3.05, 3.63) is 48.0 Å². The quantitative estimate of drug-likeness (QED) is 0.647. The molecule has 0 atom stereocenters. The first kappa shape index (κ1) is 19.3. The molecule has 0 aliphatic heterocycles. The fourth-order valence-corrected chi connectivity index (χ4v) is 4.82. The number of thiazole rings is 1. The molecule has 3 rings (SSSR count). The number of ether oxygens (including phenoxy) is 1. The molecule has 2 aromatic carbocycles. The maximum atomic E-state index is 12.3. The third kappa shape index (κ3) is 4.64. The summed E-state index contributed by atoms with van der Waals surface area (Å²) in [5, 5.41) is 3.21. The van der Waals surface area contributed by atoms with E-state index in [0.717, 1.165) is 10.3 Å². The number of hydrogen-bond acceptors (Lipinski definition) is 6. The predicted molar refractivity (Wildman–Crippen MR) is 107 cm³/mol. The molecule has 1 heterocycles. The van der Waals surface area contributed by atoms with Gasteiger partial charge in [-0.3, -0.25) is 4.79 Å². The standard InChI is InChI=1S/C19H20N2O4S2/c1-13-8-10-14(11-9-13)27(23,24)12-4-7-17(22)20-19-21-18-15(25-2)5-3-6-16(18)26-19/h3,5-6,8-11H,4,7,12H2,1-2H3,(H,20,21,22). The highest BCUT2D eigenvalue weighted by molar-refractivity contribution is 7.91. The lowest BCUT2D eigenvalue weighted by atomic mass is 10.2. The minimum atomic E-state index is -3.38. The Morgan fingerprint density at radius 1 is 1.19 bits per heavy atom. The second kappa shape index (κ2) is 8.06. The van der Waals surface area contributed by atoms with Crippen LogP contribution in [0.4, 0.5) is 5.13 Å². The molecule has 0 aliphatic carbocycles. The van der Waals surface area contributed by atoms with E-state index in [4.69, 9.17) is 4.74 Å². The molecule has 3 aromatic rings. The van der Waals surface area contributed by atoms with Crippen molar-refractivity contribution in [2.45, 2.75) is 24.7 Å². The van der Waals surface area contributed by atoms with Gasteiger partial charge in [0, 0.05) is 6.42 Å². The summed E-state index contributed by atoms with van der Waals surface area (Å²) in [6.07, 6.45) is 0.356. The van der Waals surface area contributed by atoms with Gasteiger partial charge in [0.15, 0.2) is 15.0 Å².